The predicted molar refractivity (Wildman–Crippen MR) is 111 cm³/mol. The maximum absolute atomic E-state index is 12.2. The Morgan fingerprint density at radius 3 is 2.63 bits per heavy atom. The SMILES string of the molecule is C=CCOc1ccc(C(=O)NCCc2csc(-c3ccc(Cl)cc3)n2)cc1. The van der Waals surface area contributed by atoms with E-state index in [1.165, 1.54) is 0 Å². The quantitative estimate of drug-likeness (QED) is 0.543. The summed E-state index contributed by atoms with van der Waals surface area (Å²) in [6, 6.07) is 14.7. The fourth-order valence-electron chi connectivity index (χ4n) is 2.41. The van der Waals surface area contributed by atoms with Crippen LogP contribution in [-0.4, -0.2) is 24.0 Å². The Labute approximate surface area is 167 Å². The van der Waals surface area contributed by atoms with Gasteiger partial charge in [-0.25, -0.2) is 4.98 Å². The summed E-state index contributed by atoms with van der Waals surface area (Å²) < 4.78 is 5.41. The lowest BCUT2D eigenvalue weighted by Crippen LogP contribution is -2.25. The highest BCUT2D eigenvalue weighted by Crippen LogP contribution is 2.25. The van der Waals surface area contributed by atoms with Crippen molar-refractivity contribution in [3.8, 4) is 16.3 Å². The van der Waals surface area contributed by atoms with E-state index in [1.807, 2.05) is 29.6 Å². The maximum Gasteiger partial charge on any atom is 0.251 e. The molecule has 0 aliphatic rings. The van der Waals surface area contributed by atoms with E-state index in [2.05, 4.69) is 16.9 Å². The number of aromatic nitrogens is 1. The molecule has 2 aromatic carbocycles. The van der Waals surface area contributed by atoms with Crippen molar-refractivity contribution >= 4 is 28.8 Å². The number of carbonyl (C=O) groups excluding carboxylic acids is 1. The standard InChI is InChI=1S/C21H19ClN2O2S/c1-2-13-26-19-9-5-15(6-10-19)20(25)23-12-11-18-14-27-21(24-18)16-3-7-17(22)8-4-16/h2-10,14H,1,11-13H2,(H,23,25). The van der Waals surface area contributed by atoms with Gasteiger partial charge in [0, 0.05) is 34.5 Å². The molecule has 0 bridgehead atoms. The van der Waals surface area contributed by atoms with Crippen molar-refractivity contribution in [1.82, 2.24) is 10.3 Å². The Morgan fingerprint density at radius 2 is 1.93 bits per heavy atom. The summed E-state index contributed by atoms with van der Waals surface area (Å²) in [5.41, 5.74) is 2.60. The number of nitrogens with zero attached hydrogens (tertiary/aromatic N) is 1. The zero-order valence-electron chi connectivity index (χ0n) is 14.7. The van der Waals surface area contributed by atoms with Gasteiger partial charge in [0.1, 0.15) is 17.4 Å². The number of nitrogens with one attached hydrogen (secondary N) is 1. The lowest BCUT2D eigenvalue weighted by molar-refractivity contribution is 0.0954. The van der Waals surface area contributed by atoms with Crippen LogP contribution in [0.4, 0.5) is 0 Å². The second-order valence-electron chi connectivity index (χ2n) is 5.78. The molecule has 3 aromatic rings. The van der Waals surface area contributed by atoms with Crippen molar-refractivity contribution in [2.45, 2.75) is 6.42 Å². The second kappa shape index (κ2) is 9.35. The number of halogens is 1. The molecule has 0 fully saturated rings. The largest absolute Gasteiger partial charge is 0.490 e. The van der Waals surface area contributed by atoms with Gasteiger partial charge in [0.05, 0.1) is 5.69 Å². The third-order valence-corrected chi connectivity index (χ3v) is 4.99. The van der Waals surface area contributed by atoms with Crippen molar-refractivity contribution in [3.05, 3.63) is 82.8 Å². The number of hydrogen-bond acceptors (Lipinski definition) is 4. The van der Waals surface area contributed by atoms with Gasteiger partial charge in [-0.15, -0.1) is 11.3 Å². The molecule has 6 heteroatoms. The molecule has 0 radical (unpaired) electrons. The minimum absolute atomic E-state index is 0.113. The maximum atomic E-state index is 12.2. The van der Waals surface area contributed by atoms with Crippen molar-refractivity contribution in [2.75, 3.05) is 13.2 Å². The molecule has 27 heavy (non-hydrogen) atoms. The third-order valence-electron chi connectivity index (χ3n) is 3.79. The summed E-state index contributed by atoms with van der Waals surface area (Å²) in [6.45, 7) is 4.57. The van der Waals surface area contributed by atoms with Gasteiger partial charge < -0.3 is 10.1 Å². The number of thiazole rings is 1. The molecule has 0 atom stereocenters. The Bertz CT molecular complexity index is 905. The Morgan fingerprint density at radius 1 is 1.19 bits per heavy atom. The molecular weight excluding hydrogens is 380 g/mol. The molecule has 138 valence electrons. The topological polar surface area (TPSA) is 51.2 Å². The van der Waals surface area contributed by atoms with E-state index >= 15 is 0 Å². The van der Waals surface area contributed by atoms with Gasteiger partial charge in [-0.3, -0.25) is 4.79 Å². The number of rotatable bonds is 8. The van der Waals surface area contributed by atoms with E-state index < -0.39 is 0 Å². The van der Waals surface area contributed by atoms with Crippen molar-refractivity contribution in [1.29, 1.82) is 0 Å². The molecule has 3 rings (SSSR count). The smallest absolute Gasteiger partial charge is 0.251 e. The zero-order valence-corrected chi connectivity index (χ0v) is 16.2. The van der Waals surface area contributed by atoms with Crippen LogP contribution in [0.2, 0.25) is 5.02 Å². The summed E-state index contributed by atoms with van der Waals surface area (Å²) in [6.07, 6.45) is 2.35. The molecule has 0 saturated heterocycles. The molecule has 1 heterocycles. The first-order chi connectivity index (χ1) is 13.2. The number of amides is 1. The van der Waals surface area contributed by atoms with Gasteiger partial charge in [0.15, 0.2) is 0 Å². The summed E-state index contributed by atoms with van der Waals surface area (Å²) in [4.78, 5) is 16.8. The Balaban J connectivity index is 1.50. The van der Waals surface area contributed by atoms with Crippen LogP contribution in [0.15, 0.2) is 66.6 Å². The molecule has 0 aliphatic heterocycles. The fourth-order valence-corrected chi connectivity index (χ4v) is 3.40. The van der Waals surface area contributed by atoms with Crippen LogP contribution in [0.5, 0.6) is 5.75 Å². The number of benzene rings is 2. The zero-order chi connectivity index (χ0) is 19.1. The third kappa shape index (κ3) is 5.42. The van der Waals surface area contributed by atoms with Crippen molar-refractivity contribution in [3.63, 3.8) is 0 Å². The summed E-state index contributed by atoms with van der Waals surface area (Å²) in [5, 5.41) is 6.59. The molecule has 0 unspecified atom stereocenters. The van der Waals surface area contributed by atoms with Gasteiger partial charge in [-0.2, -0.15) is 0 Å². The van der Waals surface area contributed by atoms with E-state index in [-0.39, 0.29) is 5.91 Å². The van der Waals surface area contributed by atoms with Crippen molar-refractivity contribution in [2.24, 2.45) is 0 Å². The van der Waals surface area contributed by atoms with Gasteiger partial charge >= 0.3 is 0 Å². The summed E-state index contributed by atoms with van der Waals surface area (Å²) >= 11 is 7.50. The average Bonchev–Trinajstić information content (AvgIpc) is 3.16. The van der Waals surface area contributed by atoms with E-state index in [1.54, 1.807) is 41.7 Å². The van der Waals surface area contributed by atoms with Gasteiger partial charge in [0.2, 0.25) is 0 Å². The molecule has 0 aliphatic carbocycles. The molecule has 1 N–H and O–H groups in total. The van der Waals surface area contributed by atoms with Gasteiger partial charge in [-0.05, 0) is 36.4 Å². The van der Waals surface area contributed by atoms with Crippen LogP contribution in [0, 0.1) is 0 Å². The predicted octanol–water partition coefficient (Wildman–Crippen LogP) is 5.00. The monoisotopic (exact) mass is 398 g/mol. The van der Waals surface area contributed by atoms with Crippen molar-refractivity contribution < 1.29 is 9.53 Å². The highest BCUT2D eigenvalue weighted by Gasteiger charge is 2.08. The molecule has 1 amide bonds. The molecule has 1 aromatic heterocycles. The number of ether oxygens (including phenoxy) is 1. The number of carbonyl (C=O) groups is 1. The first-order valence-electron chi connectivity index (χ1n) is 8.48. The van der Waals surface area contributed by atoms with Crippen LogP contribution >= 0.6 is 22.9 Å². The van der Waals surface area contributed by atoms with E-state index in [0.717, 1.165) is 16.3 Å². The highest BCUT2D eigenvalue weighted by molar-refractivity contribution is 7.13. The van der Waals surface area contributed by atoms with E-state index in [9.17, 15) is 4.79 Å². The average molecular weight is 399 g/mol. The Hall–Kier alpha value is -2.63. The normalized spacial score (nSPS) is 10.4. The first kappa shape index (κ1) is 19.1. The van der Waals surface area contributed by atoms with Gasteiger partial charge in [0.25, 0.3) is 5.91 Å². The number of hydrogen-bond donors (Lipinski definition) is 1. The second-order valence-corrected chi connectivity index (χ2v) is 7.08. The van der Waals surface area contributed by atoms with E-state index in [0.29, 0.717) is 35.9 Å². The van der Waals surface area contributed by atoms with Crippen LogP contribution in [0.1, 0.15) is 16.1 Å². The minimum Gasteiger partial charge on any atom is -0.490 e. The first-order valence-corrected chi connectivity index (χ1v) is 9.74. The lowest BCUT2D eigenvalue weighted by atomic mass is 10.2. The lowest BCUT2D eigenvalue weighted by Gasteiger charge is -2.06. The minimum atomic E-state index is -0.113. The molecule has 0 spiro atoms. The Kier molecular flexibility index (Phi) is 6.63. The summed E-state index contributed by atoms with van der Waals surface area (Å²) in [7, 11) is 0. The fraction of sp³-hybridized carbons (Fsp3) is 0.143. The van der Waals surface area contributed by atoms with Crippen LogP contribution in [0.25, 0.3) is 10.6 Å². The highest BCUT2D eigenvalue weighted by atomic mass is 35.5. The van der Waals surface area contributed by atoms with Crippen LogP contribution in [-0.2, 0) is 6.42 Å². The molecule has 4 nitrogen and oxygen atoms in total. The van der Waals surface area contributed by atoms with E-state index in [4.69, 9.17) is 16.3 Å². The molecule has 0 saturated carbocycles. The van der Waals surface area contributed by atoms with Gasteiger partial charge in [-0.1, -0.05) is 36.4 Å². The van der Waals surface area contributed by atoms with Crippen LogP contribution in [0.3, 0.4) is 0 Å². The van der Waals surface area contributed by atoms with Crippen LogP contribution < -0.4 is 10.1 Å². The molecular formula is C21H19ClN2O2S. The summed E-state index contributed by atoms with van der Waals surface area (Å²) in [5.74, 6) is 0.599.